The molecule has 1 saturated heterocycles. The highest BCUT2D eigenvalue weighted by Gasteiger charge is 2.16. The number of allylic oxidation sites excluding steroid dienone is 1. The molecule has 0 bridgehead atoms. The van der Waals surface area contributed by atoms with Gasteiger partial charge in [0.05, 0.1) is 0 Å². The summed E-state index contributed by atoms with van der Waals surface area (Å²) in [7, 11) is 2.08. The van der Waals surface area contributed by atoms with Crippen molar-refractivity contribution < 1.29 is 4.79 Å². The number of amides is 1. The van der Waals surface area contributed by atoms with Crippen LogP contribution in [0.5, 0.6) is 0 Å². The van der Waals surface area contributed by atoms with Crippen LogP contribution in [0.25, 0.3) is 0 Å². The van der Waals surface area contributed by atoms with Gasteiger partial charge in [0, 0.05) is 26.2 Å². The van der Waals surface area contributed by atoms with Gasteiger partial charge in [-0.1, -0.05) is 6.08 Å². The highest BCUT2D eigenvalue weighted by atomic mass is 16.2. The van der Waals surface area contributed by atoms with Crippen molar-refractivity contribution in [2.24, 2.45) is 0 Å². The van der Waals surface area contributed by atoms with E-state index in [-0.39, 0.29) is 5.91 Å². The van der Waals surface area contributed by atoms with E-state index in [1.807, 2.05) is 11.8 Å². The number of carbonyl (C=O) groups excluding carboxylic acids is 1. The lowest BCUT2D eigenvalue weighted by Gasteiger charge is -2.31. The molecule has 0 N–H and O–H groups in total. The zero-order chi connectivity index (χ0) is 8.97. The van der Waals surface area contributed by atoms with E-state index in [0.29, 0.717) is 0 Å². The molecule has 1 amide bonds. The van der Waals surface area contributed by atoms with Gasteiger partial charge in [-0.25, -0.2) is 0 Å². The third-order valence-electron chi connectivity index (χ3n) is 2.12. The number of hydrogen-bond acceptors (Lipinski definition) is 2. The minimum absolute atomic E-state index is 0.144. The second kappa shape index (κ2) is 4.26. The summed E-state index contributed by atoms with van der Waals surface area (Å²) in [5.41, 5.74) is 0. The molecule has 1 aliphatic heterocycles. The van der Waals surface area contributed by atoms with Gasteiger partial charge >= 0.3 is 0 Å². The van der Waals surface area contributed by atoms with Crippen LogP contribution in [0.3, 0.4) is 0 Å². The maximum atomic E-state index is 11.3. The summed E-state index contributed by atoms with van der Waals surface area (Å²) in [6.45, 7) is 5.57. The third kappa shape index (κ3) is 2.34. The fourth-order valence-corrected chi connectivity index (χ4v) is 1.27. The van der Waals surface area contributed by atoms with Crippen molar-refractivity contribution in [3.8, 4) is 0 Å². The van der Waals surface area contributed by atoms with Crippen molar-refractivity contribution in [3.05, 3.63) is 12.2 Å². The van der Waals surface area contributed by atoms with Crippen LogP contribution in [-0.2, 0) is 4.79 Å². The van der Waals surface area contributed by atoms with Crippen LogP contribution in [0.2, 0.25) is 0 Å². The number of carbonyl (C=O) groups is 1. The van der Waals surface area contributed by atoms with E-state index >= 15 is 0 Å². The van der Waals surface area contributed by atoms with Crippen molar-refractivity contribution in [2.45, 2.75) is 6.92 Å². The molecule has 0 radical (unpaired) electrons. The predicted octanol–water partition coefficient (Wildman–Crippen LogP) is 0.337. The van der Waals surface area contributed by atoms with Crippen LogP contribution in [0.15, 0.2) is 12.2 Å². The van der Waals surface area contributed by atoms with Gasteiger partial charge in [0.1, 0.15) is 0 Å². The van der Waals surface area contributed by atoms with Crippen LogP contribution in [0.1, 0.15) is 6.92 Å². The van der Waals surface area contributed by atoms with Gasteiger partial charge in [0.25, 0.3) is 0 Å². The Labute approximate surface area is 73.6 Å². The Kier molecular flexibility index (Phi) is 3.29. The molecule has 0 aromatic heterocycles. The molecule has 0 unspecified atom stereocenters. The fourth-order valence-electron chi connectivity index (χ4n) is 1.27. The van der Waals surface area contributed by atoms with E-state index in [2.05, 4.69) is 11.9 Å². The molecule has 1 heterocycles. The molecular formula is C9H16N2O. The molecule has 12 heavy (non-hydrogen) atoms. The summed E-state index contributed by atoms with van der Waals surface area (Å²) in [6, 6.07) is 0. The van der Waals surface area contributed by atoms with E-state index in [0.717, 1.165) is 26.2 Å². The normalized spacial score (nSPS) is 20.3. The maximum Gasteiger partial charge on any atom is 0.246 e. The maximum absolute atomic E-state index is 11.3. The standard InChI is InChI=1S/C9H16N2O/c1-3-4-9(12)11-7-5-10(2)6-8-11/h3-4H,5-8H2,1-2H3/b4-3+. The molecule has 3 nitrogen and oxygen atoms in total. The molecule has 68 valence electrons. The zero-order valence-corrected chi connectivity index (χ0v) is 7.79. The third-order valence-corrected chi connectivity index (χ3v) is 2.12. The number of piperazine rings is 1. The Morgan fingerprint density at radius 2 is 1.83 bits per heavy atom. The van der Waals surface area contributed by atoms with Crippen LogP contribution in [0, 0.1) is 0 Å². The van der Waals surface area contributed by atoms with Gasteiger partial charge in [0.15, 0.2) is 0 Å². The van der Waals surface area contributed by atoms with Crippen LogP contribution in [-0.4, -0.2) is 48.9 Å². The van der Waals surface area contributed by atoms with E-state index in [1.165, 1.54) is 0 Å². The zero-order valence-electron chi connectivity index (χ0n) is 7.79. The lowest BCUT2D eigenvalue weighted by Crippen LogP contribution is -2.46. The fraction of sp³-hybridized carbons (Fsp3) is 0.667. The number of nitrogens with zero attached hydrogens (tertiary/aromatic N) is 2. The molecule has 0 aliphatic carbocycles. The Hall–Kier alpha value is -0.830. The van der Waals surface area contributed by atoms with Crippen molar-refractivity contribution >= 4 is 5.91 Å². The smallest absolute Gasteiger partial charge is 0.246 e. The molecule has 0 aromatic carbocycles. The lowest BCUT2D eigenvalue weighted by molar-refractivity contribution is -0.127. The van der Waals surface area contributed by atoms with Gasteiger partial charge in [-0.05, 0) is 20.0 Å². The summed E-state index contributed by atoms with van der Waals surface area (Å²) in [4.78, 5) is 15.4. The molecule has 3 heteroatoms. The van der Waals surface area contributed by atoms with Gasteiger partial charge in [-0.3, -0.25) is 4.79 Å². The second-order valence-electron chi connectivity index (χ2n) is 3.13. The molecule has 0 saturated carbocycles. The number of likely N-dealkylation sites (N-methyl/N-ethyl adjacent to an activating group) is 1. The Morgan fingerprint density at radius 3 is 2.33 bits per heavy atom. The first-order chi connectivity index (χ1) is 5.74. The molecular weight excluding hydrogens is 152 g/mol. The minimum Gasteiger partial charge on any atom is -0.337 e. The Balaban J connectivity index is 2.39. The van der Waals surface area contributed by atoms with E-state index in [1.54, 1.807) is 12.2 Å². The molecule has 0 atom stereocenters. The summed E-state index contributed by atoms with van der Waals surface area (Å²) in [6.07, 6.45) is 3.42. The number of rotatable bonds is 1. The van der Waals surface area contributed by atoms with Crippen LogP contribution in [0.4, 0.5) is 0 Å². The number of hydrogen-bond donors (Lipinski definition) is 0. The summed E-state index contributed by atoms with van der Waals surface area (Å²) in [5, 5.41) is 0. The SMILES string of the molecule is C/C=C/C(=O)N1CCN(C)CC1. The first-order valence-electron chi connectivity index (χ1n) is 4.34. The highest BCUT2D eigenvalue weighted by molar-refractivity contribution is 5.87. The summed E-state index contributed by atoms with van der Waals surface area (Å²) < 4.78 is 0. The van der Waals surface area contributed by atoms with Crippen molar-refractivity contribution in [2.75, 3.05) is 33.2 Å². The van der Waals surface area contributed by atoms with Crippen molar-refractivity contribution in [3.63, 3.8) is 0 Å². The Morgan fingerprint density at radius 1 is 1.25 bits per heavy atom. The lowest BCUT2D eigenvalue weighted by atomic mass is 10.3. The van der Waals surface area contributed by atoms with Crippen molar-refractivity contribution in [1.82, 2.24) is 9.80 Å². The monoisotopic (exact) mass is 168 g/mol. The van der Waals surface area contributed by atoms with Gasteiger partial charge in [-0.2, -0.15) is 0 Å². The first-order valence-corrected chi connectivity index (χ1v) is 4.34. The topological polar surface area (TPSA) is 23.6 Å². The molecule has 0 spiro atoms. The summed E-state index contributed by atoms with van der Waals surface area (Å²) >= 11 is 0. The van der Waals surface area contributed by atoms with Crippen LogP contribution >= 0.6 is 0 Å². The highest BCUT2D eigenvalue weighted by Crippen LogP contribution is 1.99. The molecule has 1 rings (SSSR count). The van der Waals surface area contributed by atoms with Crippen LogP contribution < -0.4 is 0 Å². The largest absolute Gasteiger partial charge is 0.337 e. The van der Waals surface area contributed by atoms with E-state index in [4.69, 9.17) is 0 Å². The summed E-state index contributed by atoms with van der Waals surface area (Å²) in [5.74, 6) is 0.144. The first kappa shape index (κ1) is 9.26. The Bertz CT molecular complexity index is 181. The second-order valence-corrected chi connectivity index (χ2v) is 3.13. The van der Waals surface area contributed by atoms with Gasteiger partial charge in [-0.15, -0.1) is 0 Å². The van der Waals surface area contributed by atoms with E-state index in [9.17, 15) is 4.79 Å². The van der Waals surface area contributed by atoms with Gasteiger partial charge < -0.3 is 9.80 Å². The van der Waals surface area contributed by atoms with Crippen molar-refractivity contribution in [1.29, 1.82) is 0 Å². The van der Waals surface area contributed by atoms with E-state index < -0.39 is 0 Å². The average Bonchev–Trinajstić information content (AvgIpc) is 2.06. The van der Waals surface area contributed by atoms with Gasteiger partial charge in [0.2, 0.25) is 5.91 Å². The quantitative estimate of drug-likeness (QED) is 0.527. The average molecular weight is 168 g/mol. The molecule has 0 aromatic rings. The predicted molar refractivity (Wildman–Crippen MR) is 48.9 cm³/mol. The minimum atomic E-state index is 0.144. The molecule has 1 aliphatic rings. The molecule has 1 fully saturated rings.